The fourth-order valence-electron chi connectivity index (χ4n) is 0.955. The number of hydrogen-bond acceptors (Lipinski definition) is 2. The average molecular weight is 209 g/mol. The second kappa shape index (κ2) is 4.33. The fourth-order valence-corrected chi connectivity index (χ4v) is 0.955. The highest BCUT2D eigenvalue weighted by Gasteiger charge is 2.08. The number of carboxylic acids is 1. The van der Waals surface area contributed by atoms with Gasteiger partial charge in [-0.2, -0.15) is 5.26 Å². The maximum atomic E-state index is 12.8. The molecule has 15 heavy (non-hydrogen) atoms. The summed E-state index contributed by atoms with van der Waals surface area (Å²) in [6.45, 7) is 0. The van der Waals surface area contributed by atoms with E-state index in [0.29, 0.717) is 0 Å². The van der Waals surface area contributed by atoms with Gasteiger partial charge < -0.3 is 5.11 Å². The van der Waals surface area contributed by atoms with Crippen LogP contribution in [0, 0.1) is 23.0 Å². The van der Waals surface area contributed by atoms with Gasteiger partial charge in [0.05, 0.1) is 5.56 Å². The zero-order valence-electron chi connectivity index (χ0n) is 7.37. The van der Waals surface area contributed by atoms with Gasteiger partial charge in [0.2, 0.25) is 0 Å². The molecule has 0 aliphatic heterocycles. The third-order valence-corrected chi connectivity index (χ3v) is 1.59. The Morgan fingerprint density at radius 1 is 1.47 bits per heavy atom. The molecule has 0 aliphatic rings. The van der Waals surface area contributed by atoms with Gasteiger partial charge in [-0.05, 0) is 23.8 Å². The molecule has 0 atom stereocenters. The minimum absolute atomic E-state index is 0.118. The molecule has 1 N–H and O–H groups in total. The monoisotopic (exact) mass is 209 g/mol. The molecule has 0 amide bonds. The minimum Gasteiger partial charge on any atom is -0.478 e. The van der Waals surface area contributed by atoms with E-state index in [1.54, 1.807) is 0 Å². The Kier molecular flexibility index (Phi) is 3.13. The number of aliphatic carboxylic acids is 1. The summed E-state index contributed by atoms with van der Waals surface area (Å²) >= 11 is 0. The number of benzene rings is 1. The molecule has 76 valence electrons. The molecule has 1 rings (SSSR count). The minimum atomic E-state index is -1.23. The van der Waals surface area contributed by atoms with Crippen molar-refractivity contribution in [3.05, 3.63) is 41.0 Å². The highest BCUT2D eigenvalue weighted by molar-refractivity contribution is 5.85. The van der Waals surface area contributed by atoms with E-state index < -0.39 is 23.2 Å². The van der Waals surface area contributed by atoms with Crippen molar-refractivity contribution in [1.82, 2.24) is 0 Å². The van der Waals surface area contributed by atoms with Crippen LogP contribution in [-0.4, -0.2) is 11.1 Å². The van der Waals surface area contributed by atoms with Gasteiger partial charge in [-0.1, -0.05) is 0 Å². The van der Waals surface area contributed by atoms with Crippen LogP contribution in [0.5, 0.6) is 0 Å². The molecule has 1 aromatic rings. The fraction of sp³-hybridized carbons (Fsp3) is 0. The molecule has 0 heterocycles. The van der Waals surface area contributed by atoms with Crippen molar-refractivity contribution in [3.8, 4) is 6.07 Å². The standard InChI is InChI=1S/C10H5F2NO2/c11-8-4-6(1-2-9(14)15)3-7(5-13)10(8)12/h1-4H,(H,14,15)/b2-1+. The molecule has 0 aromatic heterocycles. The molecule has 0 saturated heterocycles. The normalized spacial score (nSPS) is 10.2. The number of carboxylic acid groups (broad SMARTS) is 1. The molecule has 0 spiro atoms. The van der Waals surface area contributed by atoms with Gasteiger partial charge >= 0.3 is 5.97 Å². The molecule has 0 fully saturated rings. The molecular weight excluding hydrogens is 204 g/mol. The number of rotatable bonds is 2. The summed E-state index contributed by atoms with van der Waals surface area (Å²) in [6, 6.07) is 3.35. The smallest absolute Gasteiger partial charge is 0.328 e. The lowest BCUT2D eigenvalue weighted by atomic mass is 10.1. The number of carbonyl (C=O) groups is 1. The van der Waals surface area contributed by atoms with E-state index in [4.69, 9.17) is 10.4 Å². The van der Waals surface area contributed by atoms with Crippen LogP contribution in [0.3, 0.4) is 0 Å². The highest BCUT2D eigenvalue weighted by Crippen LogP contribution is 2.15. The van der Waals surface area contributed by atoms with Crippen molar-refractivity contribution in [2.75, 3.05) is 0 Å². The van der Waals surface area contributed by atoms with Gasteiger partial charge in [0.15, 0.2) is 11.6 Å². The highest BCUT2D eigenvalue weighted by atomic mass is 19.2. The average Bonchev–Trinajstić information content (AvgIpc) is 2.19. The maximum absolute atomic E-state index is 12.8. The quantitative estimate of drug-likeness (QED) is 0.757. The van der Waals surface area contributed by atoms with Crippen molar-refractivity contribution in [2.24, 2.45) is 0 Å². The topological polar surface area (TPSA) is 61.1 Å². The molecule has 0 aliphatic carbocycles. The first-order valence-corrected chi connectivity index (χ1v) is 3.84. The van der Waals surface area contributed by atoms with Gasteiger partial charge in [0.25, 0.3) is 0 Å². The van der Waals surface area contributed by atoms with Crippen LogP contribution in [0.4, 0.5) is 8.78 Å². The summed E-state index contributed by atoms with van der Waals surface area (Å²) in [7, 11) is 0. The summed E-state index contributed by atoms with van der Waals surface area (Å²) in [4.78, 5) is 10.2. The molecule has 1 aromatic carbocycles. The predicted octanol–water partition coefficient (Wildman–Crippen LogP) is 1.93. The van der Waals surface area contributed by atoms with E-state index >= 15 is 0 Å². The van der Waals surface area contributed by atoms with Crippen LogP contribution in [0.2, 0.25) is 0 Å². The van der Waals surface area contributed by atoms with Crippen LogP contribution >= 0.6 is 0 Å². The zero-order valence-corrected chi connectivity index (χ0v) is 7.37. The number of hydrogen-bond donors (Lipinski definition) is 1. The zero-order chi connectivity index (χ0) is 11.4. The molecule has 3 nitrogen and oxygen atoms in total. The third-order valence-electron chi connectivity index (χ3n) is 1.59. The summed E-state index contributed by atoms with van der Waals surface area (Å²) < 4.78 is 25.7. The van der Waals surface area contributed by atoms with Crippen molar-refractivity contribution in [2.45, 2.75) is 0 Å². The molecule has 0 unspecified atom stereocenters. The molecule has 5 heteroatoms. The van der Waals surface area contributed by atoms with Crippen LogP contribution in [-0.2, 0) is 4.79 Å². The Labute approximate surface area is 83.9 Å². The summed E-state index contributed by atoms with van der Waals surface area (Å²) in [5.41, 5.74) is -0.340. The Bertz CT molecular complexity index is 475. The van der Waals surface area contributed by atoms with Crippen molar-refractivity contribution < 1.29 is 18.7 Å². The van der Waals surface area contributed by atoms with E-state index in [1.165, 1.54) is 6.07 Å². The number of nitrogens with zero attached hydrogens (tertiary/aromatic N) is 1. The summed E-state index contributed by atoms with van der Waals surface area (Å²) in [5.74, 6) is -3.62. The maximum Gasteiger partial charge on any atom is 0.328 e. The van der Waals surface area contributed by atoms with E-state index in [2.05, 4.69) is 0 Å². The number of halogens is 2. The molecular formula is C10H5F2NO2. The van der Waals surface area contributed by atoms with Crippen molar-refractivity contribution in [3.63, 3.8) is 0 Å². The lowest BCUT2D eigenvalue weighted by Crippen LogP contribution is -1.92. The van der Waals surface area contributed by atoms with Crippen LogP contribution < -0.4 is 0 Å². The van der Waals surface area contributed by atoms with Gasteiger partial charge in [-0.3, -0.25) is 0 Å². The van der Waals surface area contributed by atoms with Crippen LogP contribution in [0.15, 0.2) is 18.2 Å². The Hall–Kier alpha value is -2.22. The molecule has 0 bridgehead atoms. The van der Waals surface area contributed by atoms with Crippen LogP contribution in [0.25, 0.3) is 6.08 Å². The van der Waals surface area contributed by atoms with E-state index in [1.807, 2.05) is 0 Å². The first kappa shape index (κ1) is 10.9. The van der Waals surface area contributed by atoms with Crippen molar-refractivity contribution in [1.29, 1.82) is 5.26 Å². The van der Waals surface area contributed by atoms with Gasteiger partial charge in [0, 0.05) is 6.08 Å². The van der Waals surface area contributed by atoms with Crippen LogP contribution in [0.1, 0.15) is 11.1 Å². The van der Waals surface area contributed by atoms with E-state index in [9.17, 15) is 13.6 Å². The first-order valence-electron chi connectivity index (χ1n) is 3.84. The predicted molar refractivity (Wildman–Crippen MR) is 47.7 cm³/mol. The Balaban J connectivity index is 3.18. The van der Waals surface area contributed by atoms with Gasteiger partial charge in [-0.15, -0.1) is 0 Å². The SMILES string of the molecule is N#Cc1cc(/C=C/C(=O)O)cc(F)c1F. The lowest BCUT2D eigenvalue weighted by Gasteiger charge is -1.98. The van der Waals surface area contributed by atoms with Gasteiger partial charge in [0.1, 0.15) is 6.07 Å². The Morgan fingerprint density at radius 3 is 2.67 bits per heavy atom. The summed E-state index contributed by atoms with van der Waals surface area (Å²) in [5, 5.41) is 16.8. The summed E-state index contributed by atoms with van der Waals surface area (Å²) in [6.07, 6.45) is 1.85. The molecule has 0 saturated carbocycles. The first-order chi connectivity index (χ1) is 7.04. The Morgan fingerprint density at radius 2 is 2.13 bits per heavy atom. The van der Waals surface area contributed by atoms with E-state index in [-0.39, 0.29) is 5.56 Å². The number of nitriles is 1. The second-order valence-corrected chi connectivity index (χ2v) is 2.65. The molecule has 0 radical (unpaired) electrons. The lowest BCUT2D eigenvalue weighted by molar-refractivity contribution is -0.131. The van der Waals surface area contributed by atoms with Gasteiger partial charge in [-0.25, -0.2) is 13.6 Å². The second-order valence-electron chi connectivity index (χ2n) is 2.65. The van der Waals surface area contributed by atoms with E-state index in [0.717, 1.165) is 24.3 Å². The third kappa shape index (κ3) is 2.61. The largest absolute Gasteiger partial charge is 0.478 e. The van der Waals surface area contributed by atoms with Crippen molar-refractivity contribution >= 4 is 12.0 Å².